The van der Waals surface area contributed by atoms with Gasteiger partial charge < -0.3 is 10.0 Å². The summed E-state index contributed by atoms with van der Waals surface area (Å²) in [5, 5.41) is 10.3. The topological polar surface area (TPSA) is 23.5 Å². The van der Waals surface area contributed by atoms with Gasteiger partial charge in [0.05, 0.1) is 5.60 Å². The van der Waals surface area contributed by atoms with Crippen LogP contribution in [-0.2, 0) is 6.42 Å². The van der Waals surface area contributed by atoms with Crippen molar-refractivity contribution in [1.29, 1.82) is 0 Å². The first-order valence-corrected chi connectivity index (χ1v) is 5.54. The summed E-state index contributed by atoms with van der Waals surface area (Å²) in [6.45, 7) is 3.88. The van der Waals surface area contributed by atoms with E-state index in [-0.39, 0.29) is 0 Å². The molecule has 0 spiro atoms. The smallest absolute Gasteiger partial charge is 0.0826 e. The fourth-order valence-electron chi connectivity index (χ4n) is 2.29. The largest absolute Gasteiger partial charge is 0.388 e. The van der Waals surface area contributed by atoms with E-state index in [2.05, 4.69) is 43.1 Å². The van der Waals surface area contributed by atoms with E-state index < -0.39 is 5.60 Å². The molecule has 1 aromatic carbocycles. The van der Waals surface area contributed by atoms with Crippen LogP contribution >= 0.6 is 0 Å². The minimum absolute atomic E-state index is 0.510. The highest BCUT2D eigenvalue weighted by Crippen LogP contribution is 2.24. The van der Waals surface area contributed by atoms with Crippen LogP contribution < -0.4 is 0 Å². The molecular formula is C13H19NO. The molecule has 1 aromatic rings. The van der Waals surface area contributed by atoms with Crippen LogP contribution in [0.5, 0.6) is 0 Å². The Hall–Kier alpha value is -0.860. The second-order valence-corrected chi connectivity index (χ2v) is 4.87. The predicted octanol–water partition coefficient (Wildman–Crippen LogP) is 1.60. The number of aliphatic hydroxyl groups is 1. The average Bonchev–Trinajstić information content (AvgIpc) is 2.50. The van der Waals surface area contributed by atoms with E-state index in [9.17, 15) is 5.11 Å². The van der Waals surface area contributed by atoms with E-state index >= 15 is 0 Å². The van der Waals surface area contributed by atoms with Gasteiger partial charge in [-0.3, -0.25) is 0 Å². The van der Waals surface area contributed by atoms with Gasteiger partial charge in [-0.05, 0) is 26.0 Å². The van der Waals surface area contributed by atoms with Crippen LogP contribution in [0.4, 0.5) is 0 Å². The van der Waals surface area contributed by atoms with Gasteiger partial charge >= 0.3 is 0 Å². The monoisotopic (exact) mass is 205 g/mol. The minimum atomic E-state index is -0.510. The van der Waals surface area contributed by atoms with Crippen molar-refractivity contribution >= 4 is 0 Å². The number of aryl methyl sites for hydroxylation is 1. The highest BCUT2D eigenvalue weighted by molar-refractivity contribution is 5.23. The summed E-state index contributed by atoms with van der Waals surface area (Å²) < 4.78 is 0. The second-order valence-electron chi connectivity index (χ2n) is 4.87. The van der Waals surface area contributed by atoms with Crippen LogP contribution in [0, 0.1) is 6.92 Å². The van der Waals surface area contributed by atoms with E-state index in [1.165, 1.54) is 11.1 Å². The Labute approximate surface area is 91.5 Å². The quantitative estimate of drug-likeness (QED) is 0.793. The van der Waals surface area contributed by atoms with Gasteiger partial charge in [0.2, 0.25) is 0 Å². The third-order valence-electron chi connectivity index (χ3n) is 3.18. The van der Waals surface area contributed by atoms with Gasteiger partial charge in [-0.15, -0.1) is 0 Å². The summed E-state index contributed by atoms with van der Waals surface area (Å²) in [6.07, 6.45) is 1.66. The molecule has 0 radical (unpaired) electrons. The molecule has 1 atom stereocenters. The minimum Gasteiger partial charge on any atom is -0.388 e. The Morgan fingerprint density at radius 1 is 1.33 bits per heavy atom. The summed E-state index contributed by atoms with van der Waals surface area (Å²) in [4.78, 5) is 2.19. The number of benzene rings is 1. The van der Waals surface area contributed by atoms with E-state index in [1.807, 2.05) is 0 Å². The zero-order chi connectivity index (χ0) is 10.9. The van der Waals surface area contributed by atoms with Gasteiger partial charge in [0.1, 0.15) is 0 Å². The number of likely N-dealkylation sites (tertiary alicyclic amines) is 1. The Morgan fingerprint density at radius 2 is 2.00 bits per heavy atom. The van der Waals surface area contributed by atoms with Crippen molar-refractivity contribution in [2.75, 3.05) is 20.1 Å². The van der Waals surface area contributed by atoms with Crippen LogP contribution in [0.15, 0.2) is 24.3 Å². The predicted molar refractivity (Wildman–Crippen MR) is 61.9 cm³/mol. The van der Waals surface area contributed by atoms with Crippen molar-refractivity contribution in [3.8, 4) is 0 Å². The number of β-amino-alcohol motifs (C(OH)–C–C–N with tert-alkyl or cyclic N) is 1. The molecule has 1 aliphatic rings. The molecule has 1 saturated heterocycles. The van der Waals surface area contributed by atoms with Crippen molar-refractivity contribution in [1.82, 2.24) is 4.90 Å². The number of likely N-dealkylation sites (N-methyl/N-ethyl adjacent to an activating group) is 1. The first-order chi connectivity index (χ1) is 7.07. The van der Waals surface area contributed by atoms with Gasteiger partial charge in [0, 0.05) is 19.5 Å². The molecule has 0 saturated carbocycles. The maximum Gasteiger partial charge on any atom is 0.0826 e. The molecule has 1 unspecified atom stereocenters. The van der Waals surface area contributed by atoms with Crippen LogP contribution in [0.1, 0.15) is 17.5 Å². The fraction of sp³-hybridized carbons (Fsp3) is 0.538. The molecule has 0 aliphatic carbocycles. The van der Waals surface area contributed by atoms with Gasteiger partial charge in [0.25, 0.3) is 0 Å². The number of hydrogen-bond donors (Lipinski definition) is 1. The lowest BCUT2D eigenvalue weighted by Gasteiger charge is -2.22. The lowest BCUT2D eigenvalue weighted by Crippen LogP contribution is -2.34. The molecule has 1 fully saturated rings. The molecule has 1 aliphatic heterocycles. The van der Waals surface area contributed by atoms with Crippen LogP contribution in [0.2, 0.25) is 0 Å². The molecule has 0 bridgehead atoms. The summed E-state index contributed by atoms with van der Waals surface area (Å²) in [5.41, 5.74) is 2.00. The number of rotatable bonds is 2. The number of hydrogen-bond acceptors (Lipinski definition) is 2. The molecule has 2 rings (SSSR count). The normalized spacial score (nSPS) is 27.1. The molecule has 2 nitrogen and oxygen atoms in total. The third-order valence-corrected chi connectivity index (χ3v) is 3.18. The van der Waals surface area contributed by atoms with Crippen molar-refractivity contribution < 1.29 is 5.11 Å². The molecule has 0 aromatic heterocycles. The highest BCUT2D eigenvalue weighted by atomic mass is 16.3. The zero-order valence-corrected chi connectivity index (χ0v) is 9.53. The number of nitrogens with zero attached hydrogens (tertiary/aromatic N) is 1. The summed E-state index contributed by atoms with van der Waals surface area (Å²) in [7, 11) is 2.06. The first-order valence-electron chi connectivity index (χ1n) is 5.54. The van der Waals surface area contributed by atoms with Gasteiger partial charge in [-0.1, -0.05) is 29.8 Å². The Morgan fingerprint density at radius 3 is 2.53 bits per heavy atom. The van der Waals surface area contributed by atoms with Gasteiger partial charge in [0.15, 0.2) is 0 Å². The molecule has 1 N–H and O–H groups in total. The fourth-order valence-corrected chi connectivity index (χ4v) is 2.29. The molecule has 0 amide bonds. The van der Waals surface area contributed by atoms with Gasteiger partial charge in [-0.25, -0.2) is 0 Å². The third kappa shape index (κ3) is 2.58. The summed E-state index contributed by atoms with van der Waals surface area (Å²) in [6, 6.07) is 8.45. The van der Waals surface area contributed by atoms with E-state index in [0.29, 0.717) is 0 Å². The molecule has 82 valence electrons. The first kappa shape index (κ1) is 10.7. The molecule has 15 heavy (non-hydrogen) atoms. The Kier molecular flexibility index (Phi) is 2.81. The van der Waals surface area contributed by atoms with E-state index in [4.69, 9.17) is 0 Å². The lowest BCUT2D eigenvalue weighted by atomic mass is 9.93. The second kappa shape index (κ2) is 3.95. The van der Waals surface area contributed by atoms with Crippen molar-refractivity contribution in [2.24, 2.45) is 0 Å². The van der Waals surface area contributed by atoms with E-state index in [0.717, 1.165) is 25.9 Å². The van der Waals surface area contributed by atoms with Crippen molar-refractivity contribution in [3.05, 3.63) is 35.4 Å². The van der Waals surface area contributed by atoms with Crippen LogP contribution in [-0.4, -0.2) is 35.7 Å². The van der Waals surface area contributed by atoms with Crippen LogP contribution in [0.3, 0.4) is 0 Å². The van der Waals surface area contributed by atoms with E-state index in [1.54, 1.807) is 0 Å². The maximum absolute atomic E-state index is 10.3. The maximum atomic E-state index is 10.3. The standard InChI is InChI=1S/C13H19NO/c1-11-3-5-12(6-4-11)9-13(15)7-8-14(2)10-13/h3-6,15H,7-10H2,1-2H3. The average molecular weight is 205 g/mol. The van der Waals surface area contributed by atoms with Gasteiger partial charge in [-0.2, -0.15) is 0 Å². The Balaban J connectivity index is 2.05. The van der Waals surface area contributed by atoms with Crippen LogP contribution in [0.25, 0.3) is 0 Å². The zero-order valence-electron chi connectivity index (χ0n) is 9.53. The molecule has 1 heterocycles. The summed E-state index contributed by atoms with van der Waals surface area (Å²) in [5.74, 6) is 0. The Bertz CT molecular complexity index is 333. The molecule has 2 heteroatoms. The lowest BCUT2D eigenvalue weighted by molar-refractivity contribution is 0.0523. The SMILES string of the molecule is Cc1ccc(CC2(O)CCN(C)C2)cc1. The van der Waals surface area contributed by atoms with Crippen molar-refractivity contribution in [3.63, 3.8) is 0 Å². The highest BCUT2D eigenvalue weighted by Gasteiger charge is 2.34. The summed E-state index contributed by atoms with van der Waals surface area (Å²) >= 11 is 0. The van der Waals surface area contributed by atoms with Crippen molar-refractivity contribution in [2.45, 2.75) is 25.4 Å². The molecular weight excluding hydrogens is 186 g/mol.